The minimum absolute atomic E-state index is 0.0246. The lowest BCUT2D eigenvalue weighted by molar-refractivity contribution is 0.0130. The largest absolute Gasteiger partial charge is 0.256 e. The van der Waals surface area contributed by atoms with Gasteiger partial charge in [0, 0.05) is 24.0 Å². The van der Waals surface area contributed by atoms with Crippen molar-refractivity contribution in [2.24, 2.45) is 0 Å². The summed E-state index contributed by atoms with van der Waals surface area (Å²) in [6.07, 6.45) is -0.785. The summed E-state index contributed by atoms with van der Waals surface area (Å²) in [6, 6.07) is 0. The predicted octanol–water partition coefficient (Wildman–Crippen LogP) is 2.52. The van der Waals surface area contributed by atoms with E-state index in [4.69, 9.17) is 23.2 Å². The second-order valence-electron chi connectivity index (χ2n) is 2.95. The molecule has 0 aliphatic heterocycles. The Kier molecular flexibility index (Phi) is 1.92. The molecule has 0 fully saturated rings. The van der Waals surface area contributed by atoms with Gasteiger partial charge in [0.25, 0.3) is 5.92 Å². The number of aromatic nitrogens is 2. The van der Waals surface area contributed by atoms with Crippen molar-refractivity contribution < 1.29 is 8.78 Å². The molecule has 1 aliphatic carbocycles. The van der Waals surface area contributed by atoms with Crippen molar-refractivity contribution in [3.63, 3.8) is 0 Å². The van der Waals surface area contributed by atoms with Crippen LogP contribution in [0.15, 0.2) is 0 Å². The predicted molar refractivity (Wildman–Crippen MR) is 44.4 cm³/mol. The van der Waals surface area contributed by atoms with Gasteiger partial charge in [-0.3, -0.25) is 0 Å². The molecule has 0 bridgehead atoms. The van der Waals surface area contributed by atoms with Gasteiger partial charge in [-0.15, -0.1) is 10.2 Å². The van der Waals surface area contributed by atoms with Crippen LogP contribution in [0.4, 0.5) is 8.78 Å². The molecule has 6 heteroatoms. The average Bonchev–Trinajstić information content (AvgIpc) is 2.35. The van der Waals surface area contributed by atoms with Crippen LogP contribution in [0.2, 0.25) is 10.3 Å². The lowest BCUT2D eigenvalue weighted by atomic mass is 10.2. The van der Waals surface area contributed by atoms with Gasteiger partial charge in [-0.05, 0) is 0 Å². The highest BCUT2D eigenvalue weighted by molar-refractivity contribution is 6.32. The quantitative estimate of drug-likeness (QED) is 0.677. The second-order valence-corrected chi connectivity index (χ2v) is 3.66. The van der Waals surface area contributed by atoms with E-state index in [1.165, 1.54) is 0 Å². The summed E-state index contributed by atoms with van der Waals surface area (Å²) in [5.41, 5.74) is 0.651. The Labute approximate surface area is 82.9 Å². The summed E-state index contributed by atoms with van der Waals surface area (Å²) in [4.78, 5) is 0. The standard InChI is InChI=1S/C7H4Cl2F2N2/c8-5-3-1-7(10,11)2-4(3)6(9)13-12-5/h1-2H2. The highest BCUT2D eigenvalue weighted by Gasteiger charge is 2.40. The summed E-state index contributed by atoms with van der Waals surface area (Å²) < 4.78 is 25.8. The Balaban J connectivity index is 2.56. The van der Waals surface area contributed by atoms with Gasteiger partial charge in [-0.2, -0.15) is 0 Å². The van der Waals surface area contributed by atoms with E-state index in [0.717, 1.165) is 0 Å². The molecular formula is C7H4Cl2F2N2. The fraction of sp³-hybridized carbons (Fsp3) is 0.429. The maximum atomic E-state index is 12.9. The molecule has 0 aromatic carbocycles. The summed E-state index contributed by atoms with van der Waals surface area (Å²) in [7, 11) is 0. The third kappa shape index (κ3) is 1.48. The number of fused-ring (bicyclic) bond motifs is 1. The number of nitrogens with zero attached hydrogens (tertiary/aromatic N) is 2. The van der Waals surface area contributed by atoms with Crippen molar-refractivity contribution in [1.29, 1.82) is 0 Å². The summed E-state index contributed by atoms with van der Waals surface area (Å²) in [6.45, 7) is 0. The first-order valence-corrected chi connectivity index (χ1v) is 4.32. The van der Waals surface area contributed by atoms with Gasteiger partial charge in [-0.25, -0.2) is 8.78 Å². The first kappa shape index (κ1) is 9.09. The van der Waals surface area contributed by atoms with Crippen LogP contribution in [-0.2, 0) is 12.8 Å². The van der Waals surface area contributed by atoms with Gasteiger partial charge in [0.2, 0.25) is 0 Å². The maximum Gasteiger partial charge on any atom is 0.256 e. The number of hydrogen-bond donors (Lipinski definition) is 0. The monoisotopic (exact) mass is 224 g/mol. The van der Waals surface area contributed by atoms with Crippen molar-refractivity contribution in [3.8, 4) is 0 Å². The molecule has 0 saturated carbocycles. The highest BCUT2D eigenvalue weighted by atomic mass is 35.5. The highest BCUT2D eigenvalue weighted by Crippen LogP contribution is 2.39. The van der Waals surface area contributed by atoms with E-state index < -0.39 is 18.8 Å². The second kappa shape index (κ2) is 2.75. The van der Waals surface area contributed by atoms with E-state index in [0.29, 0.717) is 11.1 Å². The topological polar surface area (TPSA) is 25.8 Å². The maximum absolute atomic E-state index is 12.9. The van der Waals surface area contributed by atoms with Gasteiger partial charge in [-0.1, -0.05) is 23.2 Å². The lowest BCUT2D eigenvalue weighted by Crippen LogP contribution is -2.14. The normalized spacial score (nSPS) is 18.8. The van der Waals surface area contributed by atoms with Crippen LogP contribution in [0, 0.1) is 0 Å². The Bertz CT molecular complexity index is 335. The van der Waals surface area contributed by atoms with Crippen LogP contribution >= 0.6 is 23.2 Å². The van der Waals surface area contributed by atoms with E-state index >= 15 is 0 Å². The van der Waals surface area contributed by atoms with Crippen LogP contribution in [0.5, 0.6) is 0 Å². The number of hydrogen-bond acceptors (Lipinski definition) is 2. The Hall–Kier alpha value is -0.480. The SMILES string of the molecule is FC1(F)Cc2c(Cl)nnc(Cl)c2C1. The third-order valence-electron chi connectivity index (χ3n) is 1.96. The van der Waals surface area contributed by atoms with Gasteiger partial charge < -0.3 is 0 Å². The molecule has 0 radical (unpaired) electrons. The first-order valence-electron chi connectivity index (χ1n) is 3.57. The smallest absolute Gasteiger partial charge is 0.206 e. The molecule has 0 spiro atoms. The zero-order valence-electron chi connectivity index (χ0n) is 6.32. The summed E-state index contributed by atoms with van der Waals surface area (Å²) in [5.74, 6) is -2.76. The molecule has 0 N–H and O–H groups in total. The number of rotatable bonds is 0. The Morgan fingerprint density at radius 2 is 1.38 bits per heavy atom. The molecule has 0 atom stereocenters. The van der Waals surface area contributed by atoms with Crippen LogP contribution in [0.3, 0.4) is 0 Å². The molecule has 0 amide bonds. The van der Waals surface area contributed by atoms with Crippen LogP contribution < -0.4 is 0 Å². The van der Waals surface area contributed by atoms with Crippen LogP contribution in [0.25, 0.3) is 0 Å². The molecular weight excluding hydrogens is 221 g/mol. The van der Waals surface area contributed by atoms with Gasteiger partial charge in [0.15, 0.2) is 10.3 Å². The van der Waals surface area contributed by atoms with E-state index in [-0.39, 0.29) is 10.3 Å². The number of alkyl halides is 2. The molecule has 1 aliphatic rings. The van der Waals surface area contributed by atoms with Crippen molar-refractivity contribution in [3.05, 3.63) is 21.4 Å². The van der Waals surface area contributed by atoms with Crippen LogP contribution in [0.1, 0.15) is 11.1 Å². The molecule has 2 rings (SSSR count). The Morgan fingerprint density at radius 3 is 1.77 bits per heavy atom. The summed E-state index contributed by atoms with van der Waals surface area (Å²) >= 11 is 11.2. The van der Waals surface area contributed by atoms with Crippen LogP contribution in [-0.4, -0.2) is 16.1 Å². The molecule has 2 nitrogen and oxygen atoms in total. The van der Waals surface area contributed by atoms with Gasteiger partial charge >= 0.3 is 0 Å². The molecule has 1 aromatic heterocycles. The van der Waals surface area contributed by atoms with E-state index in [1.54, 1.807) is 0 Å². The zero-order chi connectivity index (χ0) is 9.64. The van der Waals surface area contributed by atoms with E-state index in [1.807, 2.05) is 0 Å². The van der Waals surface area contributed by atoms with Crippen molar-refractivity contribution >= 4 is 23.2 Å². The molecule has 1 aromatic rings. The average molecular weight is 225 g/mol. The minimum Gasteiger partial charge on any atom is -0.206 e. The lowest BCUT2D eigenvalue weighted by Gasteiger charge is -2.04. The number of halogens is 4. The fourth-order valence-corrected chi connectivity index (χ4v) is 1.83. The molecule has 0 unspecified atom stereocenters. The van der Waals surface area contributed by atoms with Crippen molar-refractivity contribution in [2.75, 3.05) is 0 Å². The minimum atomic E-state index is -2.76. The molecule has 1 heterocycles. The van der Waals surface area contributed by atoms with Crippen molar-refractivity contribution in [1.82, 2.24) is 10.2 Å². The van der Waals surface area contributed by atoms with Gasteiger partial charge in [0.1, 0.15) is 0 Å². The first-order chi connectivity index (χ1) is 5.99. The van der Waals surface area contributed by atoms with E-state index in [2.05, 4.69) is 10.2 Å². The van der Waals surface area contributed by atoms with E-state index in [9.17, 15) is 8.78 Å². The molecule has 70 valence electrons. The zero-order valence-corrected chi connectivity index (χ0v) is 7.83. The van der Waals surface area contributed by atoms with Gasteiger partial charge in [0.05, 0.1) is 0 Å². The molecule has 13 heavy (non-hydrogen) atoms. The van der Waals surface area contributed by atoms with Crippen molar-refractivity contribution in [2.45, 2.75) is 18.8 Å². The Morgan fingerprint density at radius 1 is 1.00 bits per heavy atom. The fourth-order valence-electron chi connectivity index (χ4n) is 1.40. The third-order valence-corrected chi connectivity index (χ3v) is 2.57. The summed E-state index contributed by atoms with van der Waals surface area (Å²) in [5, 5.41) is 6.98. The molecule has 0 saturated heterocycles.